The number of likely N-dealkylation sites (N-methyl/N-ethyl adjacent to an activating group) is 1. The van der Waals surface area contributed by atoms with Crippen molar-refractivity contribution in [2.24, 2.45) is 0 Å². The van der Waals surface area contributed by atoms with Crippen molar-refractivity contribution >= 4 is 125 Å². The summed E-state index contributed by atoms with van der Waals surface area (Å²) < 4.78 is 43.8. The standard InChI is InChI=1S/C16H21N5O3.C14H19N5O2.C12H19N3O3.C9H11IN2O2.C8H13N3O2.C7H11N3O.C4H8Br2O/c1-2-5-24-21-14-8-13(10-19(11-14)16(21)22)20-12-15(9-17-20)18-3-6-23-7-4-18;1-16-11-6-12(9-18(8-11)14(16)20)19-10-13(7-15-19)17-2-4-21-5-3-17;1-12(2,3)18-11(16)15-9-10(8-13-15)14-4-6-17-7-5-14;1-2-3-14-12-8-4-7(10)5-11(6-8)9(12)13;1-8(2,3)13-7(12)11-5-6(9)4-10-11;1-3-11-4-2-10(1)7-5-8-9-6-7;5-1-3-7-4-2-6/h2,8-9,12,14H,1,3-7,10-11H2;6-7,10-11H,2-5,8-9H2,1H3;8-9H,4-7H2,1-3H3;2,4,8H,1,3,5-6H2;4-5H,9H2,1-3H3;5-6H,1-4H2,(H,8,9);1-4H2. The molecule has 6 bridgehead atoms. The number of anilines is 5. The highest BCUT2D eigenvalue weighted by Gasteiger charge is 2.43. The number of fused-ring (bicyclic) bond motifs is 6. The highest BCUT2D eigenvalue weighted by atomic mass is 127. The maximum absolute atomic E-state index is 12.3. The molecule has 0 spiro atoms. The molecule has 10 aliphatic heterocycles. The third-order valence-corrected chi connectivity index (χ3v) is 18.5. The molecule has 108 heavy (non-hydrogen) atoms. The van der Waals surface area contributed by atoms with Crippen molar-refractivity contribution in [3.63, 3.8) is 0 Å². The first-order valence-electron chi connectivity index (χ1n) is 35.8. The number of nitrogen functional groups attached to an aromatic ring is 1. The van der Waals surface area contributed by atoms with Crippen LogP contribution in [0, 0.1) is 0 Å². The van der Waals surface area contributed by atoms with Gasteiger partial charge in [-0.2, -0.15) is 45.0 Å². The van der Waals surface area contributed by atoms with Crippen LogP contribution in [0.15, 0.2) is 109 Å². The van der Waals surface area contributed by atoms with E-state index in [4.69, 9.17) is 48.6 Å². The molecule has 5 aromatic rings. The van der Waals surface area contributed by atoms with Gasteiger partial charge >= 0.3 is 30.3 Å². The van der Waals surface area contributed by atoms with E-state index in [1.807, 2.05) is 79.3 Å². The molecular weight excluding hydrogens is 1650 g/mol. The number of amides is 6. The van der Waals surface area contributed by atoms with Crippen LogP contribution in [0.25, 0.3) is 11.4 Å². The van der Waals surface area contributed by atoms with Crippen LogP contribution in [0.2, 0.25) is 0 Å². The Morgan fingerprint density at radius 1 is 0.546 bits per heavy atom. The van der Waals surface area contributed by atoms with Gasteiger partial charge in [0.15, 0.2) is 0 Å². The Morgan fingerprint density at radius 2 is 0.944 bits per heavy atom. The van der Waals surface area contributed by atoms with E-state index in [2.05, 4.69) is 136 Å². The van der Waals surface area contributed by atoms with Crippen molar-refractivity contribution in [1.82, 2.24) is 79.0 Å². The molecule has 3 atom stereocenters. The van der Waals surface area contributed by atoms with Gasteiger partial charge < -0.3 is 78.1 Å². The summed E-state index contributed by atoms with van der Waals surface area (Å²) in [6.45, 7) is 37.6. The number of carbonyl (C=O) groups is 5. The number of hydrogen-bond acceptors (Lipinski definition) is 24. The van der Waals surface area contributed by atoms with Gasteiger partial charge in [0, 0.05) is 99.5 Å². The number of nitrogens with zero attached hydrogens (tertiary/aromatic N) is 19. The summed E-state index contributed by atoms with van der Waals surface area (Å²) in [4.78, 5) is 86.0. The molecule has 0 radical (unpaired) electrons. The SMILES string of the molecule is BrCCOCCBr.C=CCON1C(=O)N2CC(I)=CC1C2.C=CCON1C(=O)N2CC(n3cc(N4CCOCC4)cn3)=CC1C2.CC(C)(C)OC(=O)n1cc(N)cn1.CC(C)(C)OC(=O)n1cc(N2CCOCC2)cn1.CN1C(=O)N2CC(n3cc(N4CCOCC4)cn3)=CC1C2.c1n[nH]cc1N1CCOCC1. The number of morpholine rings is 4. The maximum atomic E-state index is 12.3. The Morgan fingerprint density at radius 3 is 1.36 bits per heavy atom. The number of aromatic nitrogens is 10. The zero-order valence-electron chi connectivity index (χ0n) is 62.5. The molecule has 0 aliphatic carbocycles. The third-order valence-electron chi connectivity index (χ3n) is 17.2. The molecule has 0 aromatic carbocycles. The lowest BCUT2D eigenvalue weighted by atomic mass is 10.2. The predicted octanol–water partition coefficient (Wildman–Crippen LogP) is 7.44. The first-order valence-corrected chi connectivity index (χ1v) is 39.1. The topological polar surface area (TPSA) is 327 Å². The number of H-pyrrole nitrogens is 1. The quantitative estimate of drug-likeness (QED) is 0.0419. The Labute approximate surface area is 660 Å². The first-order chi connectivity index (χ1) is 51.9. The number of aromatic amines is 1. The van der Waals surface area contributed by atoms with E-state index < -0.39 is 23.4 Å². The number of ether oxygens (including phenoxy) is 7. The number of urea groups is 3. The van der Waals surface area contributed by atoms with Crippen LogP contribution in [-0.4, -0.2) is 327 Å². The van der Waals surface area contributed by atoms with Crippen molar-refractivity contribution in [1.29, 1.82) is 0 Å². The highest BCUT2D eigenvalue weighted by Crippen LogP contribution is 2.31. The monoisotopic (exact) mass is 1750 g/mol. The molecule has 3 unspecified atom stereocenters. The van der Waals surface area contributed by atoms with E-state index in [0.29, 0.717) is 58.3 Å². The van der Waals surface area contributed by atoms with Gasteiger partial charge in [0.05, 0.1) is 213 Å². The summed E-state index contributed by atoms with van der Waals surface area (Å²) in [5.41, 5.74) is 11.1. The summed E-state index contributed by atoms with van der Waals surface area (Å²) >= 11 is 8.73. The van der Waals surface area contributed by atoms with Crippen molar-refractivity contribution < 1.29 is 66.8 Å². The highest BCUT2D eigenvalue weighted by molar-refractivity contribution is 14.1. The lowest BCUT2D eigenvalue weighted by Crippen LogP contribution is -2.36. The van der Waals surface area contributed by atoms with Gasteiger partial charge in [-0.3, -0.25) is 14.8 Å². The zero-order chi connectivity index (χ0) is 77.3. The first kappa shape index (κ1) is 83.9. The van der Waals surface area contributed by atoms with Crippen molar-refractivity contribution in [3.8, 4) is 0 Å². The molecule has 6 amide bonds. The minimum absolute atomic E-state index is 0.0419. The van der Waals surface area contributed by atoms with Gasteiger partial charge in [0.2, 0.25) is 0 Å². The Balaban J connectivity index is 0.000000149. The summed E-state index contributed by atoms with van der Waals surface area (Å²) in [5.74, 6) is 0. The van der Waals surface area contributed by atoms with E-state index in [0.717, 1.165) is 168 Å². The number of rotatable bonds is 16. The minimum atomic E-state index is -0.524. The van der Waals surface area contributed by atoms with Gasteiger partial charge in [-0.1, -0.05) is 44.0 Å². The second-order valence-electron chi connectivity index (χ2n) is 27.5. The molecule has 15 heterocycles. The Hall–Kier alpha value is -8.09. The van der Waals surface area contributed by atoms with Crippen LogP contribution < -0.4 is 25.3 Å². The summed E-state index contributed by atoms with van der Waals surface area (Å²) in [6.07, 6.45) is 26.3. The second kappa shape index (κ2) is 41.1. The molecule has 592 valence electrons. The molecule has 3 N–H and O–H groups in total. The average molecular weight is 1750 g/mol. The van der Waals surface area contributed by atoms with Crippen LogP contribution in [0.1, 0.15) is 41.5 Å². The van der Waals surface area contributed by atoms with Crippen molar-refractivity contribution in [2.75, 3.05) is 214 Å². The van der Waals surface area contributed by atoms with Crippen LogP contribution in [0.3, 0.4) is 0 Å². The molecule has 35 nitrogen and oxygen atoms in total. The Kier molecular flexibility index (Phi) is 31.9. The van der Waals surface area contributed by atoms with E-state index in [1.54, 1.807) is 60.0 Å². The second-order valence-corrected chi connectivity index (χ2v) is 30.5. The van der Waals surface area contributed by atoms with E-state index in [9.17, 15) is 24.0 Å². The van der Waals surface area contributed by atoms with Crippen molar-refractivity contribution in [3.05, 3.63) is 109 Å². The summed E-state index contributed by atoms with van der Waals surface area (Å²) in [7, 11) is 1.86. The van der Waals surface area contributed by atoms with Crippen LogP contribution >= 0.6 is 54.5 Å². The number of hydrogen-bond donors (Lipinski definition) is 2. The fourth-order valence-electron chi connectivity index (χ4n) is 12.0. The molecule has 0 saturated carbocycles. The van der Waals surface area contributed by atoms with Gasteiger partial charge in [0.1, 0.15) is 11.2 Å². The number of nitrogens with two attached hydrogens (primary N) is 1. The zero-order valence-corrected chi connectivity index (χ0v) is 67.9. The van der Waals surface area contributed by atoms with Gasteiger partial charge in [-0.25, -0.2) is 33.3 Å². The Bertz CT molecular complexity index is 3790. The molecule has 7 fully saturated rings. The van der Waals surface area contributed by atoms with E-state index >= 15 is 0 Å². The molecular formula is C70H102Br2IN21O14. The van der Waals surface area contributed by atoms with Gasteiger partial charge in [-0.05, 0) is 82.4 Å². The molecule has 7 saturated heterocycles. The van der Waals surface area contributed by atoms with Crippen LogP contribution in [0.4, 0.5) is 52.4 Å². The third kappa shape index (κ3) is 24.7. The summed E-state index contributed by atoms with van der Waals surface area (Å²) in [5, 5.41) is 28.1. The normalized spacial score (nSPS) is 20.2. The van der Waals surface area contributed by atoms with Gasteiger partial charge in [-0.15, -0.1) is 13.2 Å². The smallest absolute Gasteiger partial charge is 0.435 e. The lowest BCUT2D eigenvalue weighted by Gasteiger charge is -2.27. The average Bonchev–Trinajstić information content (AvgIpc) is 1.64. The maximum Gasteiger partial charge on any atom is 0.435 e. The largest absolute Gasteiger partial charge is 0.442 e. The fraction of sp³-hybridized carbons (Fsp3) is 0.571. The van der Waals surface area contributed by atoms with E-state index in [1.165, 1.54) is 30.8 Å². The van der Waals surface area contributed by atoms with Gasteiger partial charge in [0.25, 0.3) is 0 Å². The molecule has 15 rings (SSSR count). The number of halogens is 3. The molecule has 38 heteroatoms. The fourth-order valence-corrected chi connectivity index (χ4v) is 13.3. The number of carbonyl (C=O) groups excluding carboxylic acids is 5. The van der Waals surface area contributed by atoms with Crippen molar-refractivity contribution in [2.45, 2.75) is 70.9 Å². The number of hydroxylamine groups is 4. The van der Waals surface area contributed by atoms with Crippen LogP contribution in [-0.2, 0) is 42.8 Å². The number of alkyl halides is 2. The van der Waals surface area contributed by atoms with E-state index in [-0.39, 0.29) is 36.2 Å². The number of nitrogens with one attached hydrogen (secondary N) is 1. The molecule has 5 aromatic heterocycles. The van der Waals surface area contributed by atoms with Crippen LogP contribution in [0.5, 0.6) is 0 Å². The predicted molar refractivity (Wildman–Crippen MR) is 422 cm³/mol. The molecule has 10 aliphatic rings. The minimum Gasteiger partial charge on any atom is -0.442 e. The summed E-state index contributed by atoms with van der Waals surface area (Å²) in [6, 6.07) is 0.109. The lowest BCUT2D eigenvalue weighted by molar-refractivity contribution is -0.107.